The van der Waals surface area contributed by atoms with Gasteiger partial charge in [-0.15, -0.1) is 0 Å². The molecule has 1 aromatic heterocycles. The molecule has 2 aromatic rings. The number of aromatic nitrogens is 2. The Bertz CT molecular complexity index is 714. The van der Waals surface area contributed by atoms with Gasteiger partial charge in [0.1, 0.15) is 11.9 Å². The Hall–Kier alpha value is -2.14. The predicted octanol–water partition coefficient (Wildman–Crippen LogP) is 0.893. The van der Waals surface area contributed by atoms with Crippen molar-refractivity contribution in [3.63, 3.8) is 0 Å². The van der Waals surface area contributed by atoms with Crippen molar-refractivity contribution in [2.45, 2.75) is 32.0 Å². The van der Waals surface area contributed by atoms with E-state index in [9.17, 15) is 4.79 Å². The lowest BCUT2D eigenvalue weighted by Crippen LogP contribution is -2.35. The van der Waals surface area contributed by atoms with Gasteiger partial charge in [0.05, 0.1) is 12.2 Å². The number of nitrogens with zero attached hydrogens (tertiary/aromatic N) is 2. The zero-order chi connectivity index (χ0) is 14.2. The van der Waals surface area contributed by atoms with Crippen LogP contribution in [-0.4, -0.2) is 22.4 Å². The molecular weight excluding hydrogens is 266 g/mol. The van der Waals surface area contributed by atoms with Crippen molar-refractivity contribution in [1.82, 2.24) is 15.1 Å². The van der Waals surface area contributed by atoms with Crippen LogP contribution in [0.1, 0.15) is 16.8 Å². The van der Waals surface area contributed by atoms with Crippen molar-refractivity contribution in [3.05, 3.63) is 57.5 Å². The quantitative estimate of drug-likeness (QED) is 0.889. The molecule has 0 aliphatic carbocycles. The van der Waals surface area contributed by atoms with Gasteiger partial charge in [-0.1, -0.05) is 18.2 Å². The van der Waals surface area contributed by atoms with Crippen LogP contribution in [-0.2, 0) is 25.9 Å². The summed E-state index contributed by atoms with van der Waals surface area (Å²) in [5, 5.41) is 7.78. The van der Waals surface area contributed by atoms with Crippen molar-refractivity contribution in [3.8, 4) is 5.75 Å². The van der Waals surface area contributed by atoms with Crippen LogP contribution in [0.3, 0.4) is 0 Å². The fourth-order valence-electron chi connectivity index (χ4n) is 3.04. The average Bonchev–Trinajstić information content (AvgIpc) is 2.90. The summed E-state index contributed by atoms with van der Waals surface area (Å²) in [6, 6.07) is 9.74. The van der Waals surface area contributed by atoms with E-state index in [-0.39, 0.29) is 11.7 Å². The largest absolute Gasteiger partial charge is 0.488 e. The van der Waals surface area contributed by atoms with Crippen molar-refractivity contribution in [2.75, 3.05) is 6.54 Å². The Kier molecular flexibility index (Phi) is 3.00. The van der Waals surface area contributed by atoms with Gasteiger partial charge in [-0.2, -0.15) is 5.10 Å². The Morgan fingerprint density at radius 3 is 3.14 bits per heavy atom. The fraction of sp³-hybridized carbons (Fsp3) is 0.375. The smallest absolute Gasteiger partial charge is 0.267 e. The van der Waals surface area contributed by atoms with Crippen molar-refractivity contribution in [1.29, 1.82) is 0 Å². The summed E-state index contributed by atoms with van der Waals surface area (Å²) in [5.74, 6) is 0.928. The lowest BCUT2D eigenvalue weighted by molar-refractivity contribution is 0.200. The number of ether oxygens (including phenoxy) is 1. The summed E-state index contributed by atoms with van der Waals surface area (Å²) in [6.45, 7) is 2.17. The molecule has 1 unspecified atom stereocenters. The van der Waals surface area contributed by atoms with Gasteiger partial charge in [-0.05, 0) is 17.2 Å². The first-order valence-electron chi connectivity index (χ1n) is 7.35. The van der Waals surface area contributed by atoms with Gasteiger partial charge in [-0.3, -0.25) is 4.79 Å². The lowest BCUT2D eigenvalue weighted by atomic mass is 10.1. The molecule has 108 valence electrons. The third kappa shape index (κ3) is 2.34. The molecule has 0 saturated carbocycles. The molecule has 2 aliphatic heterocycles. The Balaban J connectivity index is 1.57. The van der Waals surface area contributed by atoms with Gasteiger partial charge in [0.25, 0.3) is 5.56 Å². The lowest BCUT2D eigenvalue weighted by Gasteiger charge is -2.18. The molecular formula is C16H17N3O2. The summed E-state index contributed by atoms with van der Waals surface area (Å²) >= 11 is 0. The first-order chi connectivity index (χ1) is 10.3. The maximum atomic E-state index is 12.2. The topological polar surface area (TPSA) is 56.2 Å². The van der Waals surface area contributed by atoms with E-state index in [0.717, 1.165) is 42.9 Å². The maximum absolute atomic E-state index is 12.2. The molecule has 0 saturated heterocycles. The van der Waals surface area contributed by atoms with Gasteiger partial charge in [0.15, 0.2) is 0 Å². The molecule has 4 rings (SSSR count). The first-order valence-corrected chi connectivity index (χ1v) is 7.35. The first kappa shape index (κ1) is 12.6. The second kappa shape index (κ2) is 5.00. The molecule has 5 heteroatoms. The molecule has 0 spiro atoms. The van der Waals surface area contributed by atoms with Crippen LogP contribution in [0.5, 0.6) is 5.75 Å². The minimum Gasteiger partial charge on any atom is -0.488 e. The van der Waals surface area contributed by atoms with Crippen molar-refractivity contribution in [2.24, 2.45) is 0 Å². The minimum atomic E-state index is -0.0444. The molecule has 5 nitrogen and oxygen atoms in total. The standard InChI is InChI=1S/C16H17N3O2/c20-16-8-12-9-17-6-5-14(12)18-19(16)10-13-7-11-3-1-2-4-15(11)21-13/h1-4,8,13,17H,5-7,9-10H2. The molecule has 2 aliphatic rings. The molecule has 3 heterocycles. The van der Waals surface area contributed by atoms with E-state index in [1.54, 1.807) is 10.7 Å². The van der Waals surface area contributed by atoms with Crippen LogP contribution in [0.15, 0.2) is 35.1 Å². The zero-order valence-electron chi connectivity index (χ0n) is 11.7. The number of rotatable bonds is 2. The molecule has 0 amide bonds. The highest BCUT2D eigenvalue weighted by atomic mass is 16.5. The summed E-state index contributed by atoms with van der Waals surface area (Å²) in [7, 11) is 0. The van der Waals surface area contributed by atoms with E-state index < -0.39 is 0 Å². The van der Waals surface area contributed by atoms with Crippen molar-refractivity contribution >= 4 is 0 Å². The van der Waals surface area contributed by atoms with Crippen LogP contribution < -0.4 is 15.6 Å². The van der Waals surface area contributed by atoms with Gasteiger partial charge in [0.2, 0.25) is 0 Å². The SMILES string of the molecule is O=c1cc2c(nn1CC1Cc3ccccc3O1)CCNC2. The summed E-state index contributed by atoms with van der Waals surface area (Å²) in [4.78, 5) is 12.2. The van der Waals surface area contributed by atoms with Crippen LogP contribution >= 0.6 is 0 Å². The molecule has 21 heavy (non-hydrogen) atoms. The zero-order valence-corrected chi connectivity index (χ0v) is 11.7. The summed E-state index contributed by atoms with van der Waals surface area (Å²) in [5.41, 5.74) is 3.22. The van der Waals surface area contributed by atoms with Gasteiger partial charge < -0.3 is 10.1 Å². The number of hydrogen-bond acceptors (Lipinski definition) is 4. The monoisotopic (exact) mass is 283 g/mol. The molecule has 0 bridgehead atoms. The van der Waals surface area contributed by atoms with Crippen LogP contribution in [0, 0.1) is 0 Å². The third-order valence-corrected chi connectivity index (χ3v) is 4.11. The second-order valence-electron chi connectivity index (χ2n) is 5.62. The number of nitrogens with one attached hydrogen (secondary N) is 1. The highest BCUT2D eigenvalue weighted by Gasteiger charge is 2.24. The number of benzene rings is 1. The van der Waals surface area contributed by atoms with E-state index >= 15 is 0 Å². The van der Waals surface area contributed by atoms with E-state index in [2.05, 4.69) is 16.5 Å². The number of fused-ring (bicyclic) bond motifs is 2. The van der Waals surface area contributed by atoms with Crippen LogP contribution in [0.4, 0.5) is 0 Å². The van der Waals surface area contributed by atoms with Gasteiger partial charge in [-0.25, -0.2) is 4.68 Å². The van der Waals surface area contributed by atoms with Crippen LogP contribution in [0.25, 0.3) is 0 Å². The molecule has 1 aromatic carbocycles. The molecule has 1 atom stereocenters. The molecule has 1 N–H and O–H groups in total. The maximum Gasteiger partial charge on any atom is 0.267 e. The Labute approximate surface area is 122 Å². The number of para-hydroxylation sites is 1. The van der Waals surface area contributed by atoms with Crippen LogP contribution in [0.2, 0.25) is 0 Å². The Morgan fingerprint density at radius 2 is 2.24 bits per heavy atom. The average molecular weight is 283 g/mol. The van der Waals surface area contributed by atoms with Gasteiger partial charge in [0, 0.05) is 32.0 Å². The summed E-state index contributed by atoms with van der Waals surface area (Å²) in [6.07, 6.45) is 1.71. The highest BCUT2D eigenvalue weighted by Crippen LogP contribution is 2.28. The van der Waals surface area contributed by atoms with Crippen molar-refractivity contribution < 1.29 is 4.74 Å². The Morgan fingerprint density at radius 1 is 1.33 bits per heavy atom. The minimum absolute atomic E-state index is 0.00707. The number of hydrogen-bond donors (Lipinski definition) is 1. The van der Waals surface area contributed by atoms with E-state index in [0.29, 0.717) is 6.54 Å². The third-order valence-electron chi connectivity index (χ3n) is 4.11. The van der Waals surface area contributed by atoms with E-state index in [1.807, 2.05) is 18.2 Å². The second-order valence-corrected chi connectivity index (χ2v) is 5.62. The fourth-order valence-corrected chi connectivity index (χ4v) is 3.04. The van der Waals surface area contributed by atoms with Gasteiger partial charge >= 0.3 is 0 Å². The normalized spacial score (nSPS) is 19.7. The van der Waals surface area contributed by atoms with E-state index in [1.165, 1.54) is 5.56 Å². The predicted molar refractivity (Wildman–Crippen MR) is 78.5 cm³/mol. The molecule has 0 radical (unpaired) electrons. The highest BCUT2D eigenvalue weighted by molar-refractivity contribution is 5.37. The molecule has 0 fully saturated rings. The summed E-state index contributed by atoms with van der Waals surface area (Å²) < 4.78 is 7.45. The van der Waals surface area contributed by atoms with E-state index in [4.69, 9.17) is 4.74 Å².